The molecule has 0 radical (unpaired) electrons. The number of nitrogens with zero attached hydrogens (tertiary/aromatic N) is 1. The summed E-state index contributed by atoms with van der Waals surface area (Å²) in [6.07, 6.45) is 2.96. The third-order valence-corrected chi connectivity index (χ3v) is 5.25. The molecule has 3 rings (SSSR count). The van der Waals surface area contributed by atoms with Crippen LogP contribution in [0, 0.1) is 0 Å². The molecule has 1 saturated heterocycles. The minimum absolute atomic E-state index is 0.173. The first-order valence-electron chi connectivity index (χ1n) is 8.36. The maximum Gasteiger partial charge on any atom is 0.254 e. The summed E-state index contributed by atoms with van der Waals surface area (Å²) in [5, 5.41) is 6.10. The molecular weight excluding hydrogens is 374 g/mol. The molecule has 0 aliphatic carbocycles. The minimum atomic E-state index is -0.265. The Bertz CT molecular complexity index is 761. The summed E-state index contributed by atoms with van der Waals surface area (Å²) in [6, 6.07) is 7.13. The van der Waals surface area contributed by atoms with Crippen LogP contribution in [0.2, 0.25) is 5.02 Å². The normalized spacial score (nSPS) is 14.1. The van der Waals surface area contributed by atoms with Crippen molar-refractivity contribution >= 4 is 46.6 Å². The number of benzene rings is 1. The van der Waals surface area contributed by atoms with Gasteiger partial charge in [0.05, 0.1) is 22.5 Å². The largest absolute Gasteiger partial charge is 0.472 e. The Morgan fingerprint density at radius 1 is 1.23 bits per heavy atom. The number of anilines is 2. The van der Waals surface area contributed by atoms with Gasteiger partial charge in [-0.2, -0.15) is 11.8 Å². The van der Waals surface area contributed by atoms with Gasteiger partial charge in [-0.3, -0.25) is 9.59 Å². The monoisotopic (exact) mass is 393 g/mol. The van der Waals surface area contributed by atoms with Crippen molar-refractivity contribution in [2.45, 2.75) is 6.42 Å². The number of thioether (sulfide) groups is 1. The van der Waals surface area contributed by atoms with Gasteiger partial charge in [0.1, 0.15) is 6.26 Å². The maximum atomic E-state index is 12.0. The Morgan fingerprint density at radius 2 is 2.04 bits per heavy atom. The highest BCUT2D eigenvalue weighted by molar-refractivity contribution is 7.99. The number of hydrogen-bond donors (Lipinski definition) is 2. The van der Waals surface area contributed by atoms with Crippen LogP contribution >= 0.6 is 23.4 Å². The average Bonchev–Trinajstić information content (AvgIpc) is 3.17. The molecule has 0 unspecified atom stereocenters. The minimum Gasteiger partial charge on any atom is -0.472 e. The first-order valence-corrected chi connectivity index (χ1v) is 9.89. The molecule has 0 atom stereocenters. The van der Waals surface area contributed by atoms with E-state index in [1.54, 1.807) is 12.1 Å². The molecule has 138 valence electrons. The highest BCUT2D eigenvalue weighted by Crippen LogP contribution is 2.30. The van der Waals surface area contributed by atoms with E-state index in [1.807, 2.05) is 23.9 Å². The van der Waals surface area contributed by atoms with Crippen LogP contribution in [0.4, 0.5) is 11.4 Å². The molecule has 1 aliphatic rings. The number of rotatable bonds is 6. The van der Waals surface area contributed by atoms with E-state index in [4.69, 9.17) is 16.0 Å². The smallest absolute Gasteiger partial charge is 0.254 e. The SMILES string of the molecule is O=C(CCNC(=O)c1ccoc1)Nc1ccc(N2CCSCC2)c(Cl)c1. The average molecular weight is 394 g/mol. The number of halogens is 1. The lowest BCUT2D eigenvalue weighted by atomic mass is 10.2. The van der Waals surface area contributed by atoms with Crippen LogP contribution in [0.15, 0.2) is 41.2 Å². The van der Waals surface area contributed by atoms with E-state index in [2.05, 4.69) is 15.5 Å². The van der Waals surface area contributed by atoms with Crippen LogP contribution in [0.1, 0.15) is 16.8 Å². The summed E-state index contributed by atoms with van der Waals surface area (Å²) in [6.45, 7) is 2.20. The van der Waals surface area contributed by atoms with Gasteiger partial charge in [-0.25, -0.2) is 0 Å². The van der Waals surface area contributed by atoms with E-state index in [-0.39, 0.29) is 24.8 Å². The van der Waals surface area contributed by atoms with Crippen molar-refractivity contribution in [3.8, 4) is 0 Å². The molecule has 2 N–H and O–H groups in total. The van der Waals surface area contributed by atoms with Crippen molar-refractivity contribution in [2.75, 3.05) is 41.4 Å². The molecule has 0 spiro atoms. The Balaban J connectivity index is 1.48. The van der Waals surface area contributed by atoms with Crippen molar-refractivity contribution in [1.82, 2.24) is 5.32 Å². The first kappa shape index (κ1) is 18.7. The fourth-order valence-corrected chi connectivity index (χ4v) is 3.86. The molecule has 1 aliphatic heterocycles. The number of furan rings is 1. The van der Waals surface area contributed by atoms with E-state index >= 15 is 0 Å². The Labute approximate surface area is 161 Å². The van der Waals surface area contributed by atoms with Gasteiger partial charge in [0.15, 0.2) is 0 Å². The number of nitrogens with one attached hydrogen (secondary N) is 2. The Kier molecular flexibility index (Phi) is 6.46. The lowest BCUT2D eigenvalue weighted by Crippen LogP contribution is -2.32. The zero-order valence-corrected chi connectivity index (χ0v) is 15.7. The summed E-state index contributed by atoms with van der Waals surface area (Å²) < 4.78 is 4.85. The van der Waals surface area contributed by atoms with Gasteiger partial charge in [-0.05, 0) is 24.3 Å². The summed E-state index contributed by atoms with van der Waals surface area (Å²) in [7, 11) is 0. The highest BCUT2D eigenvalue weighted by atomic mass is 35.5. The number of hydrogen-bond acceptors (Lipinski definition) is 5. The van der Waals surface area contributed by atoms with Gasteiger partial charge >= 0.3 is 0 Å². The van der Waals surface area contributed by atoms with Crippen molar-refractivity contribution in [1.29, 1.82) is 0 Å². The second kappa shape index (κ2) is 9.00. The summed E-state index contributed by atoms with van der Waals surface area (Å²) in [5.74, 6) is 1.74. The molecule has 2 aromatic rings. The predicted molar refractivity (Wildman–Crippen MR) is 105 cm³/mol. The van der Waals surface area contributed by atoms with Crippen LogP contribution in [-0.4, -0.2) is 43.0 Å². The molecule has 1 aromatic heterocycles. The number of carbonyl (C=O) groups excluding carboxylic acids is 2. The lowest BCUT2D eigenvalue weighted by Gasteiger charge is -2.29. The topological polar surface area (TPSA) is 74.6 Å². The fourth-order valence-electron chi connectivity index (χ4n) is 2.65. The number of carbonyl (C=O) groups is 2. The van der Waals surface area contributed by atoms with Gasteiger partial charge < -0.3 is 20.0 Å². The fraction of sp³-hybridized carbons (Fsp3) is 0.333. The maximum absolute atomic E-state index is 12.0. The lowest BCUT2D eigenvalue weighted by molar-refractivity contribution is -0.116. The van der Waals surface area contributed by atoms with Gasteiger partial charge in [0, 0.05) is 43.2 Å². The van der Waals surface area contributed by atoms with Gasteiger partial charge in [-0.15, -0.1) is 0 Å². The molecule has 0 saturated carbocycles. The van der Waals surface area contributed by atoms with E-state index < -0.39 is 0 Å². The standard InChI is InChI=1S/C18H20ClN3O3S/c19-15-11-14(1-2-16(15)22-6-9-26-10-7-22)21-17(23)3-5-20-18(24)13-4-8-25-12-13/h1-2,4,8,11-12H,3,5-7,9-10H2,(H,20,24)(H,21,23). The summed E-state index contributed by atoms with van der Waals surface area (Å²) in [4.78, 5) is 26.1. The highest BCUT2D eigenvalue weighted by Gasteiger charge is 2.15. The second-order valence-electron chi connectivity index (χ2n) is 5.83. The van der Waals surface area contributed by atoms with Gasteiger partial charge in [0.2, 0.25) is 5.91 Å². The van der Waals surface area contributed by atoms with Crippen LogP contribution < -0.4 is 15.5 Å². The zero-order chi connectivity index (χ0) is 18.4. The van der Waals surface area contributed by atoms with E-state index in [1.165, 1.54) is 12.5 Å². The molecule has 2 heterocycles. The molecule has 26 heavy (non-hydrogen) atoms. The molecule has 1 aromatic carbocycles. The summed E-state index contributed by atoms with van der Waals surface area (Å²) in [5.41, 5.74) is 2.08. The molecule has 1 fully saturated rings. The molecule has 0 bridgehead atoms. The third kappa shape index (κ3) is 4.95. The molecule has 6 nitrogen and oxygen atoms in total. The molecule has 8 heteroatoms. The van der Waals surface area contributed by atoms with Crippen molar-refractivity contribution in [2.24, 2.45) is 0 Å². The van der Waals surface area contributed by atoms with E-state index in [9.17, 15) is 9.59 Å². The van der Waals surface area contributed by atoms with E-state index in [0.717, 1.165) is 30.3 Å². The molecule has 2 amide bonds. The van der Waals surface area contributed by atoms with E-state index in [0.29, 0.717) is 16.3 Å². The second-order valence-corrected chi connectivity index (χ2v) is 7.46. The Hall–Kier alpha value is -2.12. The Morgan fingerprint density at radius 3 is 2.73 bits per heavy atom. The van der Waals surface area contributed by atoms with Crippen LogP contribution in [0.25, 0.3) is 0 Å². The van der Waals surface area contributed by atoms with Crippen molar-refractivity contribution in [3.63, 3.8) is 0 Å². The quantitative estimate of drug-likeness (QED) is 0.788. The third-order valence-electron chi connectivity index (χ3n) is 4.00. The van der Waals surface area contributed by atoms with Crippen LogP contribution in [-0.2, 0) is 4.79 Å². The van der Waals surface area contributed by atoms with Crippen molar-refractivity contribution < 1.29 is 14.0 Å². The first-order chi connectivity index (χ1) is 12.6. The van der Waals surface area contributed by atoms with Crippen LogP contribution in [0.5, 0.6) is 0 Å². The number of amides is 2. The zero-order valence-electron chi connectivity index (χ0n) is 14.2. The summed E-state index contributed by atoms with van der Waals surface area (Å²) >= 11 is 8.33. The predicted octanol–water partition coefficient (Wildman–Crippen LogP) is 3.24. The van der Waals surface area contributed by atoms with Crippen LogP contribution in [0.3, 0.4) is 0 Å². The molecular formula is C18H20ClN3O3S. The van der Waals surface area contributed by atoms with Crippen molar-refractivity contribution in [3.05, 3.63) is 47.4 Å². The van der Waals surface area contributed by atoms with Gasteiger partial charge in [-0.1, -0.05) is 11.6 Å². The van der Waals surface area contributed by atoms with Gasteiger partial charge in [0.25, 0.3) is 5.91 Å².